The van der Waals surface area contributed by atoms with Gasteiger partial charge in [-0.2, -0.15) is 10.4 Å². The predicted octanol–water partition coefficient (Wildman–Crippen LogP) is 3.87. The highest BCUT2D eigenvalue weighted by atomic mass is 35.5. The third-order valence-electron chi connectivity index (χ3n) is 4.23. The number of aromatic nitrogens is 2. The normalized spacial score (nSPS) is 12.5. The van der Waals surface area contributed by atoms with Gasteiger partial charge in [0.15, 0.2) is 0 Å². The lowest BCUT2D eigenvalue weighted by molar-refractivity contribution is 0.640. The summed E-state index contributed by atoms with van der Waals surface area (Å²) in [5.41, 5.74) is 11.0. The van der Waals surface area contributed by atoms with Crippen molar-refractivity contribution in [2.75, 3.05) is 5.73 Å². The Kier molecular flexibility index (Phi) is 3.37. The highest BCUT2D eigenvalue weighted by Gasteiger charge is 2.26. The molecule has 0 atom stereocenters. The van der Waals surface area contributed by atoms with Crippen LogP contribution in [0, 0.1) is 11.3 Å². The molecule has 1 aliphatic rings. The number of hydrogen-bond acceptors (Lipinski definition) is 4. The molecule has 0 amide bonds. The molecule has 0 aliphatic heterocycles. The molecule has 0 saturated carbocycles. The first-order chi connectivity index (χ1) is 11.2. The predicted molar refractivity (Wildman–Crippen MR) is 92.6 cm³/mol. The van der Waals surface area contributed by atoms with Crippen molar-refractivity contribution < 1.29 is 0 Å². The first-order valence-corrected chi connectivity index (χ1v) is 8.48. The maximum atomic E-state index is 9.28. The lowest BCUT2D eigenvalue weighted by Gasteiger charge is -2.15. The summed E-state index contributed by atoms with van der Waals surface area (Å²) >= 11 is 7.74. The first-order valence-electron chi connectivity index (χ1n) is 7.28. The van der Waals surface area contributed by atoms with Crippen LogP contribution in [0.15, 0.2) is 30.5 Å². The zero-order valence-corrected chi connectivity index (χ0v) is 13.8. The van der Waals surface area contributed by atoms with Gasteiger partial charge in [0.05, 0.1) is 18.3 Å². The van der Waals surface area contributed by atoms with E-state index in [1.807, 2.05) is 35.1 Å². The van der Waals surface area contributed by atoms with Crippen molar-refractivity contribution in [1.29, 1.82) is 5.26 Å². The zero-order valence-electron chi connectivity index (χ0n) is 12.2. The molecule has 114 valence electrons. The Balaban J connectivity index is 1.77. The molecule has 0 unspecified atom stereocenters. The Labute approximate surface area is 142 Å². The number of nitrogen functional groups attached to an aromatic ring is 1. The van der Waals surface area contributed by atoms with Crippen LogP contribution in [0.1, 0.15) is 22.4 Å². The standard InChI is InChI=1S/C17H13ClN4S/c18-14-4-2-1-3-10(14)9-22-15-6-5-11-12(7-19)17(20)23-16(11)13(15)8-21-22/h1-4,8H,5-6,9,20H2. The highest BCUT2D eigenvalue weighted by molar-refractivity contribution is 7.19. The molecule has 1 aromatic carbocycles. The average Bonchev–Trinajstić information content (AvgIpc) is 3.09. The molecule has 2 N–H and O–H groups in total. The number of rotatable bonds is 2. The number of fused-ring (bicyclic) bond motifs is 3. The van der Waals surface area contributed by atoms with Crippen LogP contribution in [-0.2, 0) is 19.4 Å². The fourth-order valence-electron chi connectivity index (χ4n) is 3.10. The molecule has 4 rings (SSSR count). The SMILES string of the molecule is N#Cc1c(N)sc2c1CCc1c-2cnn1Cc1ccccc1Cl. The van der Waals surface area contributed by atoms with Crippen molar-refractivity contribution in [1.82, 2.24) is 9.78 Å². The highest BCUT2D eigenvalue weighted by Crippen LogP contribution is 2.43. The van der Waals surface area contributed by atoms with Gasteiger partial charge in [0.25, 0.3) is 0 Å². The molecule has 0 fully saturated rings. The van der Waals surface area contributed by atoms with Gasteiger partial charge < -0.3 is 5.73 Å². The van der Waals surface area contributed by atoms with Crippen LogP contribution in [0.25, 0.3) is 10.4 Å². The summed E-state index contributed by atoms with van der Waals surface area (Å²) in [6.45, 7) is 0.649. The Morgan fingerprint density at radius 3 is 2.96 bits per heavy atom. The number of halogens is 1. The summed E-state index contributed by atoms with van der Waals surface area (Å²) in [5.74, 6) is 0. The van der Waals surface area contributed by atoms with Gasteiger partial charge in [-0.15, -0.1) is 11.3 Å². The Bertz CT molecular complexity index is 948. The van der Waals surface area contributed by atoms with Crippen LogP contribution >= 0.6 is 22.9 Å². The second-order valence-electron chi connectivity index (χ2n) is 5.51. The van der Waals surface area contributed by atoms with E-state index in [4.69, 9.17) is 17.3 Å². The number of nitrogens with zero attached hydrogens (tertiary/aromatic N) is 3. The maximum Gasteiger partial charge on any atom is 0.105 e. The molecule has 2 heterocycles. The molecular weight excluding hydrogens is 328 g/mol. The molecule has 2 aromatic heterocycles. The molecular formula is C17H13ClN4S. The largest absolute Gasteiger partial charge is 0.389 e. The van der Waals surface area contributed by atoms with Crippen molar-refractivity contribution >= 4 is 27.9 Å². The van der Waals surface area contributed by atoms with Gasteiger partial charge in [0.1, 0.15) is 11.1 Å². The third kappa shape index (κ3) is 2.23. The van der Waals surface area contributed by atoms with Gasteiger partial charge in [-0.25, -0.2) is 0 Å². The minimum Gasteiger partial charge on any atom is -0.389 e. The van der Waals surface area contributed by atoms with Gasteiger partial charge >= 0.3 is 0 Å². The lowest BCUT2D eigenvalue weighted by Crippen LogP contribution is -2.11. The van der Waals surface area contributed by atoms with Crippen molar-refractivity contribution in [3.8, 4) is 16.5 Å². The van der Waals surface area contributed by atoms with Gasteiger partial charge in [0.2, 0.25) is 0 Å². The maximum absolute atomic E-state index is 9.28. The number of nitrogens with two attached hydrogens (primary N) is 1. The van der Waals surface area contributed by atoms with Crippen LogP contribution < -0.4 is 5.73 Å². The monoisotopic (exact) mass is 340 g/mol. The number of nitriles is 1. The second-order valence-corrected chi connectivity index (χ2v) is 6.97. The molecule has 0 spiro atoms. The van der Waals surface area contributed by atoms with Gasteiger partial charge in [-0.1, -0.05) is 29.8 Å². The van der Waals surface area contributed by atoms with Gasteiger partial charge in [-0.3, -0.25) is 4.68 Å². The summed E-state index contributed by atoms with van der Waals surface area (Å²) in [5, 5.41) is 15.2. The van der Waals surface area contributed by atoms with E-state index in [2.05, 4.69) is 11.2 Å². The number of hydrogen-bond donors (Lipinski definition) is 1. The van der Waals surface area contributed by atoms with E-state index in [9.17, 15) is 5.26 Å². The Hall–Kier alpha value is -2.29. The summed E-state index contributed by atoms with van der Waals surface area (Å²) in [7, 11) is 0. The Morgan fingerprint density at radius 1 is 1.35 bits per heavy atom. The third-order valence-corrected chi connectivity index (χ3v) is 5.69. The van der Waals surface area contributed by atoms with Gasteiger partial charge in [0, 0.05) is 21.2 Å². The number of anilines is 1. The minimum atomic E-state index is 0.601. The number of benzene rings is 1. The zero-order chi connectivity index (χ0) is 16.0. The molecule has 0 radical (unpaired) electrons. The summed E-state index contributed by atoms with van der Waals surface area (Å²) in [4.78, 5) is 1.09. The fraction of sp³-hybridized carbons (Fsp3) is 0.176. The van der Waals surface area contributed by atoms with E-state index in [1.54, 1.807) is 0 Å². The van der Waals surface area contributed by atoms with Crippen LogP contribution in [0.5, 0.6) is 0 Å². The molecule has 6 heteroatoms. The van der Waals surface area contributed by atoms with E-state index in [1.165, 1.54) is 17.0 Å². The molecule has 4 nitrogen and oxygen atoms in total. The molecule has 1 aliphatic carbocycles. The van der Waals surface area contributed by atoms with Crippen LogP contribution in [0.2, 0.25) is 5.02 Å². The average molecular weight is 341 g/mol. The van der Waals surface area contributed by atoms with E-state index >= 15 is 0 Å². The second kappa shape index (κ2) is 5.41. The number of thiophene rings is 1. The summed E-state index contributed by atoms with van der Waals surface area (Å²) in [6.07, 6.45) is 3.56. The van der Waals surface area contributed by atoms with E-state index in [-0.39, 0.29) is 0 Å². The van der Waals surface area contributed by atoms with E-state index < -0.39 is 0 Å². The van der Waals surface area contributed by atoms with Crippen molar-refractivity contribution in [3.05, 3.63) is 57.9 Å². The quantitative estimate of drug-likeness (QED) is 0.770. The summed E-state index contributed by atoms with van der Waals surface area (Å²) in [6, 6.07) is 10.0. The van der Waals surface area contributed by atoms with Crippen molar-refractivity contribution in [3.63, 3.8) is 0 Å². The van der Waals surface area contributed by atoms with Crippen molar-refractivity contribution in [2.24, 2.45) is 0 Å². The lowest BCUT2D eigenvalue weighted by atomic mass is 9.94. The van der Waals surface area contributed by atoms with Crippen LogP contribution in [-0.4, -0.2) is 9.78 Å². The molecule has 0 bridgehead atoms. The topological polar surface area (TPSA) is 67.6 Å². The van der Waals surface area contributed by atoms with Crippen LogP contribution in [0.3, 0.4) is 0 Å². The van der Waals surface area contributed by atoms with E-state index in [0.717, 1.165) is 39.4 Å². The van der Waals surface area contributed by atoms with Crippen LogP contribution in [0.4, 0.5) is 5.00 Å². The smallest absolute Gasteiger partial charge is 0.105 e. The fourth-order valence-corrected chi connectivity index (χ4v) is 4.39. The Morgan fingerprint density at radius 2 is 2.17 bits per heavy atom. The summed E-state index contributed by atoms with van der Waals surface area (Å²) < 4.78 is 2.00. The van der Waals surface area contributed by atoms with Gasteiger partial charge in [-0.05, 0) is 30.0 Å². The molecule has 0 saturated heterocycles. The molecule has 23 heavy (non-hydrogen) atoms. The minimum absolute atomic E-state index is 0.601. The molecule has 3 aromatic rings. The van der Waals surface area contributed by atoms with Crippen molar-refractivity contribution in [2.45, 2.75) is 19.4 Å². The van der Waals surface area contributed by atoms with E-state index in [0.29, 0.717) is 17.1 Å². The first kappa shape index (κ1) is 14.3.